The minimum absolute atomic E-state index is 0.594. The van der Waals surface area contributed by atoms with Gasteiger partial charge in [0.05, 0.1) is 0 Å². The highest BCUT2D eigenvalue weighted by Crippen LogP contribution is 2.41. The summed E-state index contributed by atoms with van der Waals surface area (Å²) >= 11 is 0. The maximum absolute atomic E-state index is 6.36. The van der Waals surface area contributed by atoms with Gasteiger partial charge in [0.2, 0.25) is 11.8 Å². The Bertz CT molecular complexity index is 3100. The molecule has 0 saturated carbocycles. The van der Waals surface area contributed by atoms with Crippen LogP contribution in [-0.2, 0) is 0 Å². The number of anilines is 3. The van der Waals surface area contributed by atoms with Crippen molar-refractivity contribution < 1.29 is 8.83 Å². The van der Waals surface area contributed by atoms with Crippen molar-refractivity contribution in [3.05, 3.63) is 188 Å². The Labute approximate surface area is 316 Å². The largest absolute Gasteiger partial charge is 0.436 e. The van der Waals surface area contributed by atoms with Gasteiger partial charge in [-0.2, -0.15) is 0 Å². The lowest BCUT2D eigenvalue weighted by atomic mass is 9.92. The molecule has 2 aromatic heterocycles. The summed E-state index contributed by atoms with van der Waals surface area (Å²) in [6.45, 7) is 0. The van der Waals surface area contributed by atoms with E-state index in [0.29, 0.717) is 22.9 Å². The fourth-order valence-corrected chi connectivity index (χ4v) is 7.79. The topological polar surface area (TPSA) is 55.3 Å². The Kier molecular flexibility index (Phi) is 7.10. The van der Waals surface area contributed by atoms with Gasteiger partial charge in [0.15, 0.2) is 11.2 Å². The minimum atomic E-state index is 0.594. The number of oxazole rings is 2. The summed E-state index contributed by atoms with van der Waals surface area (Å²) < 4.78 is 12.7. The van der Waals surface area contributed by atoms with Crippen LogP contribution in [-0.4, -0.2) is 9.97 Å². The van der Waals surface area contributed by atoms with Gasteiger partial charge >= 0.3 is 0 Å². The molecule has 0 fully saturated rings. The highest BCUT2D eigenvalue weighted by Gasteiger charge is 2.19. The molecule has 0 amide bonds. The fraction of sp³-hybridized carbons (Fsp3) is 0. The van der Waals surface area contributed by atoms with Crippen molar-refractivity contribution in [3.8, 4) is 34.0 Å². The maximum atomic E-state index is 6.36. The fourth-order valence-electron chi connectivity index (χ4n) is 7.79. The van der Waals surface area contributed by atoms with Gasteiger partial charge in [0.25, 0.3) is 0 Å². The summed E-state index contributed by atoms with van der Waals surface area (Å²) in [4.78, 5) is 11.8. The molecule has 0 atom stereocenters. The van der Waals surface area contributed by atoms with Crippen molar-refractivity contribution in [1.29, 1.82) is 0 Å². The van der Waals surface area contributed by atoms with Gasteiger partial charge in [0.1, 0.15) is 11.0 Å². The summed E-state index contributed by atoms with van der Waals surface area (Å²) in [7, 11) is 0. The predicted octanol–water partition coefficient (Wildman–Crippen LogP) is 13.9. The summed E-state index contributed by atoms with van der Waals surface area (Å²) in [5.74, 6) is 1.19. The van der Waals surface area contributed by atoms with Crippen molar-refractivity contribution in [2.75, 3.05) is 4.90 Å². The SMILES string of the molecule is c1ccc(-c2nc3ccc(N(c4ccc5cc(-c6cc7ccccc7c7ccccc67)ccc5c4)c4ccc5nc(-c6ccccc6)oc5c4)cc3o2)cc1. The zero-order chi connectivity index (χ0) is 36.3. The van der Waals surface area contributed by atoms with Crippen molar-refractivity contribution in [2.24, 2.45) is 0 Å². The van der Waals surface area contributed by atoms with Crippen LogP contribution in [0.15, 0.2) is 197 Å². The van der Waals surface area contributed by atoms with E-state index in [0.717, 1.165) is 50.0 Å². The number of hydrogen-bond donors (Lipinski definition) is 0. The van der Waals surface area contributed by atoms with E-state index in [1.165, 1.54) is 32.7 Å². The molecule has 11 rings (SSSR count). The molecular weight excluding hydrogens is 675 g/mol. The second kappa shape index (κ2) is 12.6. The van der Waals surface area contributed by atoms with Crippen LogP contribution < -0.4 is 4.90 Å². The molecule has 5 heteroatoms. The van der Waals surface area contributed by atoms with E-state index in [1.807, 2.05) is 72.8 Å². The van der Waals surface area contributed by atoms with E-state index in [9.17, 15) is 0 Å². The molecule has 0 saturated heterocycles. The molecule has 0 aliphatic rings. The quantitative estimate of drug-likeness (QED) is 0.161. The molecule has 0 aliphatic carbocycles. The molecule has 0 spiro atoms. The van der Waals surface area contributed by atoms with Gasteiger partial charge in [-0.25, -0.2) is 9.97 Å². The lowest BCUT2D eigenvalue weighted by molar-refractivity contribution is 0.620. The molecule has 0 radical (unpaired) electrons. The van der Waals surface area contributed by atoms with Gasteiger partial charge in [-0.3, -0.25) is 0 Å². The first-order valence-electron chi connectivity index (χ1n) is 18.4. The van der Waals surface area contributed by atoms with Crippen LogP contribution in [0.2, 0.25) is 0 Å². The Morgan fingerprint density at radius 1 is 0.345 bits per heavy atom. The lowest BCUT2D eigenvalue weighted by Gasteiger charge is -2.25. The number of nitrogens with zero attached hydrogens (tertiary/aromatic N) is 3. The third-order valence-corrected chi connectivity index (χ3v) is 10.5. The van der Waals surface area contributed by atoms with Crippen LogP contribution in [0.4, 0.5) is 17.1 Å². The summed E-state index contributed by atoms with van der Waals surface area (Å²) in [6.07, 6.45) is 0. The third-order valence-electron chi connectivity index (χ3n) is 10.5. The van der Waals surface area contributed by atoms with Crippen molar-refractivity contribution in [1.82, 2.24) is 9.97 Å². The molecule has 2 heterocycles. The summed E-state index contributed by atoms with van der Waals surface area (Å²) in [6, 6.07) is 65.4. The zero-order valence-electron chi connectivity index (χ0n) is 29.6. The lowest BCUT2D eigenvalue weighted by Crippen LogP contribution is -2.09. The monoisotopic (exact) mass is 705 g/mol. The number of rotatable bonds is 6. The normalized spacial score (nSPS) is 11.6. The van der Waals surface area contributed by atoms with E-state index in [4.69, 9.17) is 18.8 Å². The zero-order valence-corrected chi connectivity index (χ0v) is 29.6. The Morgan fingerprint density at radius 3 is 1.51 bits per heavy atom. The number of benzene rings is 9. The molecule has 5 nitrogen and oxygen atoms in total. The van der Waals surface area contributed by atoms with Gasteiger partial charge in [0, 0.05) is 40.3 Å². The van der Waals surface area contributed by atoms with Crippen LogP contribution in [0, 0.1) is 0 Å². The van der Waals surface area contributed by atoms with Crippen LogP contribution in [0.1, 0.15) is 0 Å². The summed E-state index contributed by atoms with van der Waals surface area (Å²) in [5, 5.41) is 7.32. The van der Waals surface area contributed by atoms with E-state index >= 15 is 0 Å². The standard InChI is InChI=1S/C50H31N3O2/c1-3-11-32(12-4-1)49-51-45-25-23-39(30-47(45)54-49)53(40-24-26-46-48(31-40)55-50(52-46)33-13-5-2-6-14-33)38-22-21-34-27-37(20-19-35(34)28-38)44-29-36-15-7-8-16-41(36)42-17-9-10-18-43(42)44/h1-31H. The van der Waals surface area contributed by atoms with Gasteiger partial charge in [-0.05, 0) is 116 Å². The van der Waals surface area contributed by atoms with Crippen molar-refractivity contribution >= 4 is 71.6 Å². The highest BCUT2D eigenvalue weighted by molar-refractivity contribution is 6.14. The molecule has 0 aliphatic heterocycles. The maximum Gasteiger partial charge on any atom is 0.227 e. The van der Waals surface area contributed by atoms with E-state index in [1.54, 1.807) is 0 Å². The van der Waals surface area contributed by atoms with Crippen LogP contribution in [0.25, 0.3) is 88.6 Å². The molecule has 11 aromatic rings. The molecule has 0 N–H and O–H groups in total. The van der Waals surface area contributed by atoms with Crippen molar-refractivity contribution in [3.63, 3.8) is 0 Å². The second-order valence-electron chi connectivity index (χ2n) is 13.8. The van der Waals surface area contributed by atoms with E-state index in [2.05, 4.69) is 120 Å². The van der Waals surface area contributed by atoms with Gasteiger partial charge in [-0.1, -0.05) is 103 Å². The second-order valence-corrected chi connectivity index (χ2v) is 13.8. The first-order valence-corrected chi connectivity index (χ1v) is 18.4. The molecule has 0 unspecified atom stereocenters. The van der Waals surface area contributed by atoms with Gasteiger partial charge < -0.3 is 13.7 Å². The number of hydrogen-bond acceptors (Lipinski definition) is 5. The Hall–Kier alpha value is -7.50. The Morgan fingerprint density at radius 2 is 0.855 bits per heavy atom. The van der Waals surface area contributed by atoms with Crippen LogP contribution >= 0.6 is 0 Å². The summed E-state index contributed by atoms with van der Waals surface area (Å²) in [5.41, 5.74) is 10.2. The third kappa shape index (κ3) is 5.41. The molecule has 258 valence electrons. The molecule has 0 bridgehead atoms. The van der Waals surface area contributed by atoms with E-state index < -0.39 is 0 Å². The average Bonchev–Trinajstić information content (AvgIpc) is 3.89. The number of fused-ring (bicyclic) bond motifs is 6. The van der Waals surface area contributed by atoms with Gasteiger partial charge in [-0.15, -0.1) is 0 Å². The predicted molar refractivity (Wildman–Crippen MR) is 225 cm³/mol. The first kappa shape index (κ1) is 31.1. The van der Waals surface area contributed by atoms with Crippen LogP contribution in [0.5, 0.6) is 0 Å². The smallest absolute Gasteiger partial charge is 0.227 e. The van der Waals surface area contributed by atoms with Crippen molar-refractivity contribution in [2.45, 2.75) is 0 Å². The molecular formula is C50H31N3O2. The number of aromatic nitrogens is 2. The highest BCUT2D eigenvalue weighted by atomic mass is 16.4. The molecule has 9 aromatic carbocycles. The first-order chi connectivity index (χ1) is 27.2. The van der Waals surface area contributed by atoms with Crippen LogP contribution in [0.3, 0.4) is 0 Å². The van der Waals surface area contributed by atoms with E-state index in [-0.39, 0.29) is 0 Å². The molecule has 55 heavy (non-hydrogen) atoms. The minimum Gasteiger partial charge on any atom is -0.436 e. The average molecular weight is 706 g/mol. The Balaban J connectivity index is 1.04.